The molecule has 2 aromatic carbocycles. The van der Waals surface area contributed by atoms with Crippen molar-refractivity contribution in [2.75, 3.05) is 11.9 Å². The van der Waals surface area contributed by atoms with Gasteiger partial charge in [0.15, 0.2) is 11.6 Å². The minimum absolute atomic E-state index is 0.162. The van der Waals surface area contributed by atoms with E-state index in [1.165, 1.54) is 18.0 Å². The van der Waals surface area contributed by atoms with Crippen LogP contribution in [0.15, 0.2) is 40.9 Å². The number of halogens is 2. The summed E-state index contributed by atoms with van der Waals surface area (Å²) in [6.07, 6.45) is 1.36. The van der Waals surface area contributed by atoms with E-state index in [2.05, 4.69) is 20.7 Å². The third-order valence-electron chi connectivity index (χ3n) is 6.96. The monoisotopic (exact) mass is 563 g/mol. The van der Waals surface area contributed by atoms with Gasteiger partial charge in [-0.1, -0.05) is 22.6 Å². The zero-order valence-electron chi connectivity index (χ0n) is 21.7. The van der Waals surface area contributed by atoms with Gasteiger partial charge in [0.2, 0.25) is 16.0 Å². The maximum Gasteiger partial charge on any atom is 0.282 e. The van der Waals surface area contributed by atoms with E-state index in [-0.39, 0.29) is 28.9 Å². The molecule has 40 heavy (non-hydrogen) atoms. The van der Waals surface area contributed by atoms with Gasteiger partial charge < -0.3 is 14.7 Å². The lowest BCUT2D eigenvalue weighted by atomic mass is 9.99. The van der Waals surface area contributed by atoms with Crippen LogP contribution in [0.25, 0.3) is 27.3 Å². The average Bonchev–Trinajstić information content (AvgIpc) is 3.66. The molecule has 0 saturated carbocycles. The van der Waals surface area contributed by atoms with Crippen molar-refractivity contribution in [3.05, 3.63) is 70.3 Å². The summed E-state index contributed by atoms with van der Waals surface area (Å²) in [5, 5.41) is 15.5. The van der Waals surface area contributed by atoms with Crippen molar-refractivity contribution in [2.45, 2.75) is 39.2 Å². The van der Waals surface area contributed by atoms with Gasteiger partial charge in [-0.3, -0.25) is 14.2 Å². The van der Waals surface area contributed by atoms with Crippen LogP contribution in [0.3, 0.4) is 0 Å². The lowest BCUT2D eigenvalue weighted by molar-refractivity contribution is -0.120. The van der Waals surface area contributed by atoms with Crippen LogP contribution in [-0.4, -0.2) is 43.8 Å². The first kappa shape index (κ1) is 25.7. The number of piperidine rings is 1. The molecule has 1 aliphatic rings. The van der Waals surface area contributed by atoms with Crippen molar-refractivity contribution < 1.29 is 22.9 Å². The lowest BCUT2D eigenvalue weighted by Crippen LogP contribution is -2.39. The van der Waals surface area contributed by atoms with E-state index in [1.807, 2.05) is 32.0 Å². The van der Waals surface area contributed by atoms with Gasteiger partial charge in [0.05, 0.1) is 22.8 Å². The smallest absolute Gasteiger partial charge is 0.282 e. The highest BCUT2D eigenvalue weighted by Crippen LogP contribution is 2.39. The number of amides is 2. The molecular weight excluding hydrogens is 540 g/mol. The van der Waals surface area contributed by atoms with Crippen LogP contribution in [0, 0.1) is 25.5 Å². The molecule has 13 heteroatoms. The topological polar surface area (TPSA) is 119 Å². The number of carbonyl (C=O) groups is 2. The molecule has 1 aliphatic heterocycles. The van der Waals surface area contributed by atoms with E-state index in [0.29, 0.717) is 40.6 Å². The van der Waals surface area contributed by atoms with Gasteiger partial charge in [-0.05, 0) is 56.5 Å². The standard InChI is InChI=1S/C27H23F2N7O3S/c1-13-23(14(2)39-34-13)15-7-10-20-19(11-15)31-24(36(20)27-33-32-26(40-27)25(38)30-3)21-5-4-6-22(37)35(21)16-8-9-17(28)18(29)12-16/h7-12,21H,4-6H2,1-3H3,(H,30,38). The van der Waals surface area contributed by atoms with E-state index < -0.39 is 17.7 Å². The highest BCUT2D eigenvalue weighted by Gasteiger charge is 2.35. The Balaban J connectivity index is 1.56. The Kier molecular flexibility index (Phi) is 6.37. The minimum Gasteiger partial charge on any atom is -0.361 e. The van der Waals surface area contributed by atoms with Crippen molar-refractivity contribution in [1.29, 1.82) is 0 Å². The number of hydrogen-bond acceptors (Lipinski definition) is 8. The maximum atomic E-state index is 14.3. The summed E-state index contributed by atoms with van der Waals surface area (Å²) in [5.74, 6) is -1.54. The molecule has 1 unspecified atom stereocenters. The largest absolute Gasteiger partial charge is 0.361 e. The molecule has 10 nitrogen and oxygen atoms in total. The zero-order chi connectivity index (χ0) is 28.1. The molecule has 0 bridgehead atoms. The normalized spacial score (nSPS) is 15.7. The Morgan fingerprint density at radius 3 is 2.67 bits per heavy atom. The molecule has 1 N–H and O–H groups in total. The fourth-order valence-electron chi connectivity index (χ4n) is 5.15. The van der Waals surface area contributed by atoms with Crippen LogP contribution in [-0.2, 0) is 4.79 Å². The first-order valence-corrected chi connectivity index (χ1v) is 13.4. The van der Waals surface area contributed by atoms with Gasteiger partial charge in [0, 0.05) is 30.8 Å². The van der Waals surface area contributed by atoms with E-state index in [0.717, 1.165) is 40.3 Å². The molecule has 2 amide bonds. The van der Waals surface area contributed by atoms with E-state index in [4.69, 9.17) is 9.51 Å². The summed E-state index contributed by atoms with van der Waals surface area (Å²) in [6.45, 7) is 3.69. The number of imidazole rings is 1. The van der Waals surface area contributed by atoms with Crippen LogP contribution in [0.5, 0.6) is 0 Å². The predicted molar refractivity (Wildman–Crippen MR) is 143 cm³/mol. The van der Waals surface area contributed by atoms with Crippen molar-refractivity contribution >= 4 is 39.9 Å². The fraction of sp³-hybridized carbons (Fsp3) is 0.259. The van der Waals surface area contributed by atoms with E-state index >= 15 is 0 Å². The van der Waals surface area contributed by atoms with Gasteiger partial charge in [0.1, 0.15) is 11.6 Å². The summed E-state index contributed by atoms with van der Waals surface area (Å²) in [6, 6.07) is 8.47. The third kappa shape index (κ3) is 4.22. The predicted octanol–water partition coefficient (Wildman–Crippen LogP) is 5.04. The van der Waals surface area contributed by atoms with Gasteiger partial charge >= 0.3 is 0 Å². The number of aromatic nitrogens is 5. The van der Waals surface area contributed by atoms with Gasteiger partial charge in [-0.15, -0.1) is 10.2 Å². The fourth-order valence-corrected chi connectivity index (χ4v) is 5.97. The van der Waals surface area contributed by atoms with Crippen LogP contribution in [0.4, 0.5) is 14.5 Å². The number of aryl methyl sites for hydroxylation is 2. The molecule has 0 radical (unpaired) electrons. The Labute approximate surface area is 230 Å². The molecule has 6 rings (SSSR count). The molecule has 204 valence electrons. The average molecular weight is 564 g/mol. The second-order valence-corrected chi connectivity index (χ2v) is 10.4. The second kappa shape index (κ2) is 9.90. The molecule has 0 aliphatic carbocycles. The lowest BCUT2D eigenvalue weighted by Gasteiger charge is -2.35. The van der Waals surface area contributed by atoms with E-state index in [1.54, 1.807) is 4.57 Å². The molecule has 0 spiro atoms. The van der Waals surface area contributed by atoms with E-state index in [9.17, 15) is 18.4 Å². The SMILES string of the molecule is CNC(=O)c1nnc(-n2c(C3CCCC(=O)N3c3ccc(F)c(F)c3)nc3cc(-c4c(C)noc4C)ccc32)s1. The summed E-state index contributed by atoms with van der Waals surface area (Å²) in [7, 11) is 1.50. The minimum atomic E-state index is -1.05. The second-order valence-electron chi connectivity index (χ2n) is 9.45. The molecule has 1 atom stereocenters. The first-order chi connectivity index (χ1) is 19.3. The summed E-state index contributed by atoms with van der Waals surface area (Å²) < 4.78 is 35.1. The van der Waals surface area contributed by atoms with Gasteiger partial charge in [-0.25, -0.2) is 13.8 Å². The zero-order valence-corrected chi connectivity index (χ0v) is 22.6. The molecule has 5 aromatic rings. The molecular formula is C27H23F2N7O3S. The molecule has 1 fully saturated rings. The number of benzene rings is 2. The van der Waals surface area contributed by atoms with Crippen LogP contribution in [0.2, 0.25) is 0 Å². The molecule has 3 aromatic heterocycles. The Morgan fingerprint density at radius 1 is 1.12 bits per heavy atom. The quantitative estimate of drug-likeness (QED) is 0.318. The van der Waals surface area contributed by atoms with Crippen LogP contribution >= 0.6 is 11.3 Å². The van der Waals surface area contributed by atoms with Gasteiger partial charge in [-0.2, -0.15) is 0 Å². The number of nitrogens with zero attached hydrogens (tertiary/aromatic N) is 6. The number of fused-ring (bicyclic) bond motifs is 1. The summed E-state index contributed by atoms with van der Waals surface area (Å²) >= 11 is 1.08. The first-order valence-electron chi connectivity index (χ1n) is 12.6. The number of anilines is 1. The highest BCUT2D eigenvalue weighted by molar-refractivity contribution is 7.15. The third-order valence-corrected chi connectivity index (χ3v) is 7.86. The Morgan fingerprint density at radius 2 is 1.95 bits per heavy atom. The Bertz CT molecular complexity index is 1770. The highest BCUT2D eigenvalue weighted by atomic mass is 32.1. The van der Waals surface area contributed by atoms with Crippen molar-refractivity contribution in [1.82, 2.24) is 30.2 Å². The number of rotatable bonds is 5. The van der Waals surface area contributed by atoms with Crippen LogP contribution < -0.4 is 10.2 Å². The van der Waals surface area contributed by atoms with Crippen molar-refractivity contribution in [3.8, 4) is 16.3 Å². The van der Waals surface area contributed by atoms with Crippen molar-refractivity contribution in [2.24, 2.45) is 0 Å². The van der Waals surface area contributed by atoms with Crippen molar-refractivity contribution in [3.63, 3.8) is 0 Å². The van der Waals surface area contributed by atoms with Gasteiger partial charge in [0.25, 0.3) is 5.91 Å². The number of nitrogens with one attached hydrogen (secondary N) is 1. The van der Waals surface area contributed by atoms with Crippen LogP contribution in [0.1, 0.15) is 52.4 Å². The maximum absolute atomic E-state index is 14.3. The number of hydrogen-bond donors (Lipinski definition) is 1. The summed E-state index contributed by atoms with van der Waals surface area (Å²) in [4.78, 5) is 31.9. The molecule has 4 heterocycles. The molecule has 1 saturated heterocycles. The Hall–Kier alpha value is -4.52. The number of carbonyl (C=O) groups excluding carboxylic acids is 2. The summed E-state index contributed by atoms with van der Waals surface area (Å²) in [5.41, 5.74) is 3.94.